The molecule has 1 aromatic carbocycles. The first-order valence-corrected chi connectivity index (χ1v) is 5.51. The first kappa shape index (κ1) is 13.5. The van der Waals surface area contributed by atoms with Crippen molar-refractivity contribution in [2.24, 2.45) is 0 Å². The average Bonchev–Trinajstić information content (AvgIpc) is 2.14. The van der Waals surface area contributed by atoms with Crippen LogP contribution in [0.5, 0.6) is 0 Å². The molecule has 0 aromatic heterocycles. The number of nitrogens with two attached hydrogens (primary N) is 1. The van der Waals surface area contributed by atoms with Gasteiger partial charge >= 0.3 is 5.97 Å². The second kappa shape index (κ2) is 4.75. The van der Waals surface area contributed by atoms with Gasteiger partial charge in [-0.2, -0.15) is 0 Å². The Balaban J connectivity index is 2.94. The molecule has 4 nitrogen and oxygen atoms in total. The fraction of sp³-hybridized carbons (Fsp3) is 0.462. The van der Waals surface area contributed by atoms with Gasteiger partial charge in [0.15, 0.2) is 0 Å². The van der Waals surface area contributed by atoms with Crippen LogP contribution in [0.3, 0.4) is 0 Å². The number of aliphatic hydroxyl groups excluding tert-OH is 1. The number of aliphatic hydroxyl groups is 1. The molecule has 1 atom stereocenters. The number of benzene rings is 1. The van der Waals surface area contributed by atoms with Crippen LogP contribution in [0.15, 0.2) is 18.2 Å². The van der Waals surface area contributed by atoms with E-state index in [0.29, 0.717) is 16.8 Å². The number of esters is 1. The van der Waals surface area contributed by atoms with Crippen molar-refractivity contribution < 1.29 is 14.6 Å². The summed E-state index contributed by atoms with van der Waals surface area (Å²) >= 11 is 0. The number of nitrogen functional groups attached to an aromatic ring is 1. The molecule has 0 saturated heterocycles. The summed E-state index contributed by atoms with van der Waals surface area (Å²) in [5, 5.41) is 9.42. The SMILES string of the molecule is CC(O)c1ccc(C(=O)OC(C)(C)C)cc1N. The van der Waals surface area contributed by atoms with E-state index in [4.69, 9.17) is 10.5 Å². The predicted octanol–water partition coefficient (Wildman–Crippen LogP) is 2.28. The van der Waals surface area contributed by atoms with Gasteiger partial charge in [0, 0.05) is 11.3 Å². The van der Waals surface area contributed by atoms with Crippen LogP contribution in [0.1, 0.15) is 49.7 Å². The maximum atomic E-state index is 11.8. The Morgan fingerprint density at radius 3 is 2.41 bits per heavy atom. The van der Waals surface area contributed by atoms with Crippen LogP contribution in [0, 0.1) is 0 Å². The molecular formula is C13H19NO3. The molecule has 0 fully saturated rings. The highest BCUT2D eigenvalue weighted by molar-refractivity contribution is 5.91. The monoisotopic (exact) mass is 237 g/mol. The van der Waals surface area contributed by atoms with Crippen molar-refractivity contribution in [3.8, 4) is 0 Å². The summed E-state index contributed by atoms with van der Waals surface area (Å²) in [6.07, 6.45) is -0.650. The number of hydrogen-bond acceptors (Lipinski definition) is 4. The number of carbonyl (C=O) groups excluding carboxylic acids is 1. The summed E-state index contributed by atoms with van der Waals surface area (Å²) in [5.74, 6) is -0.415. The summed E-state index contributed by atoms with van der Waals surface area (Å²) in [5.41, 5.74) is 6.61. The maximum Gasteiger partial charge on any atom is 0.338 e. The highest BCUT2D eigenvalue weighted by Gasteiger charge is 2.18. The van der Waals surface area contributed by atoms with E-state index < -0.39 is 17.7 Å². The number of hydrogen-bond donors (Lipinski definition) is 2. The third kappa shape index (κ3) is 3.75. The standard InChI is InChI=1S/C13H19NO3/c1-8(15)10-6-5-9(7-11(10)14)12(16)17-13(2,3)4/h5-8,15H,14H2,1-4H3. The highest BCUT2D eigenvalue weighted by Crippen LogP contribution is 2.22. The Hall–Kier alpha value is -1.55. The van der Waals surface area contributed by atoms with Crippen LogP contribution in [0.4, 0.5) is 5.69 Å². The van der Waals surface area contributed by atoms with Gasteiger partial charge in [-0.25, -0.2) is 4.79 Å². The van der Waals surface area contributed by atoms with Gasteiger partial charge < -0.3 is 15.6 Å². The van der Waals surface area contributed by atoms with E-state index >= 15 is 0 Å². The summed E-state index contributed by atoms with van der Waals surface area (Å²) in [7, 11) is 0. The Kier molecular flexibility index (Phi) is 3.78. The minimum atomic E-state index is -0.650. The van der Waals surface area contributed by atoms with Gasteiger partial charge in [0.2, 0.25) is 0 Å². The van der Waals surface area contributed by atoms with Gasteiger partial charge in [0.25, 0.3) is 0 Å². The van der Waals surface area contributed by atoms with Crippen molar-refractivity contribution >= 4 is 11.7 Å². The van der Waals surface area contributed by atoms with Gasteiger partial charge in [-0.1, -0.05) is 6.07 Å². The summed E-state index contributed by atoms with van der Waals surface area (Å²) in [4.78, 5) is 11.8. The maximum absolute atomic E-state index is 11.8. The molecule has 0 saturated carbocycles. The van der Waals surface area contributed by atoms with Crippen molar-refractivity contribution in [1.82, 2.24) is 0 Å². The first-order chi connectivity index (χ1) is 7.70. The molecule has 0 spiro atoms. The normalized spacial score (nSPS) is 13.2. The summed E-state index contributed by atoms with van der Waals surface area (Å²) in [6, 6.07) is 4.77. The molecule has 0 aliphatic rings. The highest BCUT2D eigenvalue weighted by atomic mass is 16.6. The van der Waals surface area contributed by atoms with E-state index in [0.717, 1.165) is 0 Å². The summed E-state index contributed by atoms with van der Waals surface area (Å²) < 4.78 is 5.22. The second-order valence-corrected chi connectivity index (χ2v) is 5.02. The lowest BCUT2D eigenvalue weighted by Crippen LogP contribution is -2.24. The molecule has 1 rings (SSSR count). The third-order valence-corrected chi connectivity index (χ3v) is 2.17. The number of rotatable bonds is 2. The molecule has 0 heterocycles. The van der Waals surface area contributed by atoms with Crippen LogP contribution in [-0.2, 0) is 4.74 Å². The molecule has 3 N–H and O–H groups in total. The molecule has 0 radical (unpaired) electrons. The van der Waals surface area contributed by atoms with E-state index in [9.17, 15) is 9.90 Å². The van der Waals surface area contributed by atoms with Gasteiger partial charge in [-0.05, 0) is 39.8 Å². The Labute approximate surface area is 101 Å². The molecular weight excluding hydrogens is 218 g/mol. The fourth-order valence-corrected chi connectivity index (χ4v) is 1.42. The van der Waals surface area contributed by atoms with Crippen molar-refractivity contribution in [1.29, 1.82) is 0 Å². The number of ether oxygens (including phenoxy) is 1. The second-order valence-electron chi connectivity index (χ2n) is 5.02. The topological polar surface area (TPSA) is 72.5 Å². The Morgan fingerprint density at radius 1 is 1.41 bits per heavy atom. The molecule has 0 aliphatic carbocycles. The van der Waals surface area contributed by atoms with E-state index in [1.807, 2.05) is 0 Å². The molecule has 1 unspecified atom stereocenters. The molecule has 0 bridgehead atoms. The molecule has 4 heteroatoms. The van der Waals surface area contributed by atoms with Gasteiger partial charge in [0.1, 0.15) is 5.60 Å². The molecule has 1 aromatic rings. The lowest BCUT2D eigenvalue weighted by Gasteiger charge is -2.20. The lowest BCUT2D eigenvalue weighted by molar-refractivity contribution is 0.00694. The van der Waals surface area contributed by atoms with Crippen molar-refractivity contribution in [2.45, 2.75) is 39.4 Å². The molecule has 94 valence electrons. The first-order valence-electron chi connectivity index (χ1n) is 5.51. The molecule has 17 heavy (non-hydrogen) atoms. The van der Waals surface area contributed by atoms with Crippen LogP contribution in [-0.4, -0.2) is 16.7 Å². The number of carbonyl (C=O) groups is 1. The van der Waals surface area contributed by atoms with Crippen LogP contribution in [0.2, 0.25) is 0 Å². The average molecular weight is 237 g/mol. The zero-order valence-electron chi connectivity index (χ0n) is 10.7. The van der Waals surface area contributed by atoms with Crippen molar-refractivity contribution in [3.63, 3.8) is 0 Å². The van der Waals surface area contributed by atoms with E-state index in [2.05, 4.69) is 0 Å². The van der Waals surface area contributed by atoms with Crippen molar-refractivity contribution in [2.75, 3.05) is 5.73 Å². The van der Waals surface area contributed by atoms with E-state index in [-0.39, 0.29) is 0 Å². The lowest BCUT2D eigenvalue weighted by atomic mass is 10.1. The number of anilines is 1. The minimum Gasteiger partial charge on any atom is -0.456 e. The van der Waals surface area contributed by atoms with Crippen LogP contribution < -0.4 is 5.73 Å². The van der Waals surface area contributed by atoms with Gasteiger partial charge in [-0.3, -0.25) is 0 Å². The summed E-state index contributed by atoms with van der Waals surface area (Å²) in [6.45, 7) is 7.04. The zero-order chi connectivity index (χ0) is 13.2. The van der Waals surface area contributed by atoms with Crippen molar-refractivity contribution in [3.05, 3.63) is 29.3 Å². The van der Waals surface area contributed by atoms with Gasteiger partial charge in [0.05, 0.1) is 11.7 Å². The smallest absolute Gasteiger partial charge is 0.338 e. The molecule has 0 aliphatic heterocycles. The zero-order valence-corrected chi connectivity index (χ0v) is 10.7. The van der Waals surface area contributed by atoms with E-state index in [1.165, 1.54) is 6.07 Å². The fourth-order valence-electron chi connectivity index (χ4n) is 1.42. The largest absolute Gasteiger partial charge is 0.456 e. The van der Waals surface area contributed by atoms with Crippen LogP contribution in [0.25, 0.3) is 0 Å². The Bertz CT molecular complexity index is 419. The third-order valence-electron chi connectivity index (χ3n) is 2.17. The predicted molar refractivity (Wildman–Crippen MR) is 66.7 cm³/mol. The van der Waals surface area contributed by atoms with Crippen LogP contribution >= 0.6 is 0 Å². The van der Waals surface area contributed by atoms with Gasteiger partial charge in [-0.15, -0.1) is 0 Å². The van der Waals surface area contributed by atoms with E-state index in [1.54, 1.807) is 39.8 Å². The quantitative estimate of drug-likeness (QED) is 0.611. The Morgan fingerprint density at radius 2 is 2.00 bits per heavy atom. The molecule has 0 amide bonds. The minimum absolute atomic E-state index is 0.391.